The van der Waals surface area contributed by atoms with Crippen molar-refractivity contribution in [1.82, 2.24) is 9.88 Å². The fourth-order valence-electron chi connectivity index (χ4n) is 2.44. The number of aromatic nitrogens is 1. The molecule has 1 amide bonds. The van der Waals surface area contributed by atoms with Gasteiger partial charge in [0, 0.05) is 25.1 Å². The molecule has 0 unspecified atom stereocenters. The molecule has 2 rings (SSSR count). The minimum absolute atomic E-state index is 0.0805. The van der Waals surface area contributed by atoms with Gasteiger partial charge in [0.2, 0.25) is 5.91 Å². The summed E-state index contributed by atoms with van der Waals surface area (Å²) in [5, 5.41) is 3.33. The molecule has 1 heterocycles. The normalized spacial score (nSPS) is 11.8. The Labute approximate surface area is 133 Å². The highest BCUT2D eigenvalue weighted by atomic mass is 16.5. The zero-order valence-corrected chi connectivity index (χ0v) is 13.2. The number of ether oxygens (including phenoxy) is 2. The third kappa shape index (κ3) is 3.33. The Morgan fingerprint density at radius 1 is 1.17 bits per heavy atom. The Bertz CT molecular complexity index is 750. The molecular weight excluding hydrogens is 300 g/mol. The number of fused-ring (bicyclic) bond motifs is 1. The molecule has 2 aromatic rings. The second-order valence-corrected chi connectivity index (χ2v) is 4.95. The first-order chi connectivity index (χ1) is 11.0. The van der Waals surface area contributed by atoms with Gasteiger partial charge in [0.25, 0.3) is 0 Å². The number of nitrogens with zero attached hydrogens (tertiary/aromatic N) is 1. The van der Waals surface area contributed by atoms with Crippen LogP contribution in [0, 0.1) is 0 Å². The lowest BCUT2D eigenvalue weighted by atomic mass is 9.98. The van der Waals surface area contributed by atoms with Crippen molar-refractivity contribution in [1.29, 1.82) is 0 Å². The van der Waals surface area contributed by atoms with E-state index in [2.05, 4.69) is 5.32 Å². The summed E-state index contributed by atoms with van der Waals surface area (Å²) in [6.45, 7) is 1.45. The van der Waals surface area contributed by atoms with Gasteiger partial charge < -0.3 is 14.8 Å². The topological polar surface area (TPSA) is 86.6 Å². The van der Waals surface area contributed by atoms with Gasteiger partial charge in [0.15, 0.2) is 0 Å². The van der Waals surface area contributed by atoms with Crippen LogP contribution in [0.2, 0.25) is 0 Å². The molecule has 1 aromatic heterocycles. The Morgan fingerprint density at radius 2 is 1.87 bits per heavy atom. The monoisotopic (exact) mass is 318 g/mol. The fraction of sp³-hybridized carbons (Fsp3) is 0.312. The van der Waals surface area contributed by atoms with E-state index in [1.807, 2.05) is 0 Å². The maximum atomic E-state index is 12.1. The SMILES string of the molecule is COC(=O)[C@@H](CNC(C)=O)c1cn(C(=O)OC)c2ccccc12. The van der Waals surface area contributed by atoms with Gasteiger partial charge in [-0.15, -0.1) is 0 Å². The largest absolute Gasteiger partial charge is 0.468 e. The number of rotatable bonds is 4. The quantitative estimate of drug-likeness (QED) is 0.866. The molecule has 23 heavy (non-hydrogen) atoms. The van der Waals surface area contributed by atoms with Crippen molar-refractivity contribution in [2.75, 3.05) is 20.8 Å². The predicted octanol–water partition coefficient (Wildman–Crippen LogP) is 1.65. The van der Waals surface area contributed by atoms with E-state index in [0.717, 1.165) is 5.39 Å². The molecule has 1 atom stereocenters. The highest BCUT2D eigenvalue weighted by Gasteiger charge is 2.27. The van der Waals surface area contributed by atoms with Crippen LogP contribution in [0.5, 0.6) is 0 Å². The van der Waals surface area contributed by atoms with Crippen molar-refractivity contribution in [2.45, 2.75) is 12.8 Å². The van der Waals surface area contributed by atoms with E-state index in [4.69, 9.17) is 9.47 Å². The molecule has 122 valence electrons. The lowest BCUT2D eigenvalue weighted by molar-refractivity contribution is -0.142. The van der Waals surface area contributed by atoms with Gasteiger partial charge in [-0.05, 0) is 11.6 Å². The summed E-state index contributed by atoms with van der Waals surface area (Å²) in [6.07, 6.45) is 0.982. The summed E-state index contributed by atoms with van der Waals surface area (Å²) < 4.78 is 10.9. The van der Waals surface area contributed by atoms with Crippen molar-refractivity contribution < 1.29 is 23.9 Å². The van der Waals surface area contributed by atoms with Crippen molar-refractivity contribution in [3.63, 3.8) is 0 Å². The van der Waals surface area contributed by atoms with E-state index >= 15 is 0 Å². The van der Waals surface area contributed by atoms with E-state index in [1.54, 1.807) is 30.5 Å². The highest BCUT2D eigenvalue weighted by Crippen LogP contribution is 2.28. The number of hydrogen-bond donors (Lipinski definition) is 1. The number of para-hydroxylation sites is 1. The Kier molecular flexibility index (Phi) is 5.00. The lowest BCUT2D eigenvalue weighted by Gasteiger charge is -2.14. The first-order valence-corrected chi connectivity index (χ1v) is 7.00. The number of benzene rings is 1. The van der Waals surface area contributed by atoms with Crippen LogP contribution in [0.4, 0.5) is 4.79 Å². The van der Waals surface area contributed by atoms with Gasteiger partial charge in [-0.1, -0.05) is 18.2 Å². The smallest absolute Gasteiger partial charge is 0.418 e. The van der Waals surface area contributed by atoms with Crippen molar-refractivity contribution in [3.05, 3.63) is 36.0 Å². The van der Waals surface area contributed by atoms with Crippen LogP contribution in [0.1, 0.15) is 18.4 Å². The maximum absolute atomic E-state index is 12.1. The van der Waals surface area contributed by atoms with Crippen LogP contribution in [-0.2, 0) is 19.1 Å². The molecule has 0 spiro atoms. The molecule has 7 nitrogen and oxygen atoms in total. The first-order valence-electron chi connectivity index (χ1n) is 7.00. The average molecular weight is 318 g/mol. The number of nitrogens with one attached hydrogen (secondary N) is 1. The molecule has 0 aliphatic carbocycles. The van der Waals surface area contributed by atoms with Gasteiger partial charge in [-0.2, -0.15) is 0 Å². The second kappa shape index (κ2) is 6.95. The van der Waals surface area contributed by atoms with E-state index in [1.165, 1.54) is 25.7 Å². The summed E-state index contributed by atoms with van der Waals surface area (Å²) in [7, 11) is 2.56. The van der Waals surface area contributed by atoms with Gasteiger partial charge >= 0.3 is 12.1 Å². The molecule has 0 fully saturated rings. The van der Waals surface area contributed by atoms with Gasteiger partial charge in [-0.3, -0.25) is 14.2 Å². The summed E-state index contributed by atoms with van der Waals surface area (Å²) in [4.78, 5) is 35.2. The summed E-state index contributed by atoms with van der Waals surface area (Å²) in [5.41, 5.74) is 1.21. The van der Waals surface area contributed by atoms with E-state index in [0.29, 0.717) is 11.1 Å². The minimum atomic E-state index is -0.722. The van der Waals surface area contributed by atoms with Gasteiger partial charge in [0.05, 0.1) is 19.7 Å². The van der Waals surface area contributed by atoms with Crippen LogP contribution in [0.3, 0.4) is 0 Å². The molecule has 1 aromatic carbocycles. The van der Waals surface area contributed by atoms with Crippen LogP contribution >= 0.6 is 0 Å². The molecule has 0 saturated heterocycles. The van der Waals surface area contributed by atoms with Crippen molar-refractivity contribution in [3.8, 4) is 0 Å². The molecular formula is C16H18N2O5. The predicted molar refractivity (Wildman–Crippen MR) is 83.2 cm³/mol. The lowest BCUT2D eigenvalue weighted by Crippen LogP contribution is -2.30. The van der Waals surface area contributed by atoms with Crippen LogP contribution in [0.15, 0.2) is 30.5 Å². The maximum Gasteiger partial charge on any atom is 0.418 e. The number of carbonyl (C=O) groups is 3. The number of esters is 1. The fourth-order valence-corrected chi connectivity index (χ4v) is 2.44. The van der Waals surface area contributed by atoms with E-state index < -0.39 is 18.0 Å². The van der Waals surface area contributed by atoms with Gasteiger partial charge in [-0.25, -0.2) is 4.79 Å². The highest BCUT2D eigenvalue weighted by molar-refractivity contribution is 5.95. The number of methoxy groups -OCH3 is 2. The molecule has 7 heteroatoms. The Balaban J connectivity index is 2.56. The first kappa shape index (κ1) is 16.5. The summed E-state index contributed by atoms with van der Waals surface area (Å²) >= 11 is 0. The van der Waals surface area contributed by atoms with Crippen LogP contribution in [-0.4, -0.2) is 43.3 Å². The standard InChI is InChI=1S/C16H18N2O5/c1-10(19)17-8-12(15(20)22-2)13-9-18(16(21)23-3)14-7-5-4-6-11(13)14/h4-7,9,12H,8H2,1-3H3,(H,17,19)/t12-/m0/s1. The number of hydrogen-bond acceptors (Lipinski definition) is 5. The molecule has 0 aliphatic heterocycles. The van der Waals surface area contributed by atoms with Crippen LogP contribution < -0.4 is 5.32 Å². The molecule has 1 N–H and O–H groups in total. The Morgan fingerprint density at radius 3 is 2.48 bits per heavy atom. The van der Waals surface area contributed by atoms with Crippen molar-refractivity contribution in [2.24, 2.45) is 0 Å². The zero-order chi connectivity index (χ0) is 17.0. The third-order valence-corrected chi connectivity index (χ3v) is 3.53. The molecule has 0 aliphatic rings. The number of carbonyl (C=O) groups excluding carboxylic acids is 3. The zero-order valence-electron chi connectivity index (χ0n) is 13.2. The van der Waals surface area contributed by atoms with Crippen LogP contribution in [0.25, 0.3) is 10.9 Å². The Hall–Kier alpha value is -2.83. The molecule has 0 saturated carbocycles. The average Bonchev–Trinajstić information content (AvgIpc) is 2.93. The second-order valence-electron chi connectivity index (χ2n) is 4.95. The van der Waals surface area contributed by atoms with Gasteiger partial charge in [0.1, 0.15) is 5.92 Å². The van der Waals surface area contributed by atoms with E-state index in [-0.39, 0.29) is 12.5 Å². The summed E-state index contributed by atoms with van der Waals surface area (Å²) in [6, 6.07) is 7.14. The number of amides is 1. The molecule has 0 radical (unpaired) electrons. The van der Waals surface area contributed by atoms with E-state index in [9.17, 15) is 14.4 Å². The summed E-state index contributed by atoms with van der Waals surface area (Å²) in [5.74, 6) is -1.47. The third-order valence-electron chi connectivity index (χ3n) is 3.53. The minimum Gasteiger partial charge on any atom is -0.468 e. The molecule has 0 bridgehead atoms. The van der Waals surface area contributed by atoms with Crippen molar-refractivity contribution >= 4 is 28.9 Å².